The summed E-state index contributed by atoms with van der Waals surface area (Å²) in [5, 5.41) is 2.49. The minimum atomic E-state index is -0.503. The third-order valence-corrected chi connectivity index (χ3v) is 14.7. The van der Waals surface area contributed by atoms with Crippen LogP contribution in [0.2, 0.25) is 0 Å². The Morgan fingerprint density at radius 3 is 1.52 bits per heavy atom. The topological polar surface area (TPSA) is 8.17 Å². The largest absolute Gasteiger partial charge is 0.310 e. The van der Waals surface area contributed by atoms with Gasteiger partial charge in [0, 0.05) is 27.7 Å². The summed E-state index contributed by atoms with van der Waals surface area (Å²) < 4.78 is 2.55. The summed E-state index contributed by atoms with van der Waals surface area (Å²) in [7, 11) is 0. The molecule has 2 nitrogen and oxygen atoms in total. The van der Waals surface area contributed by atoms with Gasteiger partial charge in [-0.1, -0.05) is 200 Å². The molecule has 10 aromatic carbocycles. The maximum absolute atomic E-state index is 2.55. The van der Waals surface area contributed by atoms with Crippen LogP contribution in [0.25, 0.3) is 49.7 Å². The second-order valence-corrected chi connectivity index (χ2v) is 17.5. The Labute approximate surface area is 372 Å². The highest BCUT2D eigenvalue weighted by atomic mass is 15.1. The average molecular weight is 813 g/mol. The number of rotatable bonds is 5. The Kier molecular flexibility index (Phi) is 7.28. The molecule has 2 heteroatoms. The van der Waals surface area contributed by atoms with Crippen LogP contribution in [0.3, 0.4) is 0 Å². The van der Waals surface area contributed by atoms with Crippen LogP contribution in [0.15, 0.2) is 243 Å². The van der Waals surface area contributed by atoms with Crippen LogP contribution in [0, 0.1) is 0 Å². The zero-order valence-electron chi connectivity index (χ0n) is 35.0. The molecule has 0 saturated heterocycles. The number of benzene rings is 10. The molecule has 0 fully saturated rings. The van der Waals surface area contributed by atoms with Gasteiger partial charge >= 0.3 is 0 Å². The summed E-state index contributed by atoms with van der Waals surface area (Å²) in [5.41, 5.74) is 21.7. The van der Waals surface area contributed by atoms with Crippen LogP contribution in [-0.4, -0.2) is 4.57 Å². The van der Waals surface area contributed by atoms with Gasteiger partial charge in [-0.15, -0.1) is 0 Å². The van der Waals surface area contributed by atoms with E-state index in [9.17, 15) is 0 Å². The van der Waals surface area contributed by atoms with Gasteiger partial charge in [0.05, 0.1) is 33.2 Å². The van der Waals surface area contributed by atoms with Crippen molar-refractivity contribution in [2.24, 2.45) is 0 Å². The summed E-state index contributed by atoms with van der Waals surface area (Å²) in [6.07, 6.45) is 0. The van der Waals surface area contributed by atoms with Crippen molar-refractivity contribution in [3.05, 3.63) is 287 Å². The van der Waals surface area contributed by atoms with Crippen molar-refractivity contribution in [2.45, 2.75) is 10.8 Å². The number of hydrogen-bond donors (Lipinski definition) is 0. The summed E-state index contributed by atoms with van der Waals surface area (Å²) in [6, 6.07) is 90.6. The predicted octanol–water partition coefficient (Wildman–Crippen LogP) is 15.3. The highest BCUT2D eigenvalue weighted by Crippen LogP contribution is 2.62. The lowest BCUT2D eigenvalue weighted by molar-refractivity contribution is 0.748. The van der Waals surface area contributed by atoms with Gasteiger partial charge in [-0.25, -0.2) is 0 Å². The maximum Gasteiger partial charge on any atom is 0.0754 e. The number of anilines is 3. The first-order valence-corrected chi connectivity index (χ1v) is 22.4. The first-order valence-electron chi connectivity index (χ1n) is 22.4. The summed E-state index contributed by atoms with van der Waals surface area (Å²) in [4.78, 5) is 2.49. The second kappa shape index (κ2) is 13.2. The Morgan fingerprint density at radius 1 is 0.328 bits per heavy atom. The van der Waals surface area contributed by atoms with Gasteiger partial charge in [-0.05, 0) is 104 Å². The minimum Gasteiger partial charge on any atom is -0.310 e. The van der Waals surface area contributed by atoms with Crippen LogP contribution in [-0.2, 0) is 10.8 Å². The van der Waals surface area contributed by atoms with E-state index in [0.29, 0.717) is 0 Å². The molecule has 1 spiro atoms. The Bertz CT molecular complexity index is 3590. The number of hydrogen-bond acceptors (Lipinski definition) is 1. The van der Waals surface area contributed by atoms with Gasteiger partial charge < -0.3 is 9.47 Å². The van der Waals surface area contributed by atoms with Crippen LogP contribution in [0.4, 0.5) is 17.1 Å². The fourth-order valence-corrected chi connectivity index (χ4v) is 12.4. The van der Waals surface area contributed by atoms with Gasteiger partial charge in [0.2, 0.25) is 0 Å². The Balaban J connectivity index is 1.05. The van der Waals surface area contributed by atoms with Crippen molar-refractivity contribution in [3.63, 3.8) is 0 Å². The first-order chi connectivity index (χ1) is 31.8. The molecule has 0 radical (unpaired) electrons. The SMILES string of the molecule is c1ccc(N(c2ccc3c(c2)c2cccc4c2n3-c2ccccc2C42c3ccccc3-c3ccccc32)c2cccc3c2-c2ccccc2C3(c2ccccc2)c2ccccc2)cc1. The van der Waals surface area contributed by atoms with Crippen molar-refractivity contribution in [1.82, 2.24) is 4.57 Å². The molecule has 0 N–H and O–H groups in total. The molecule has 2 heterocycles. The van der Waals surface area contributed by atoms with E-state index in [2.05, 4.69) is 252 Å². The minimum absolute atomic E-state index is 0.450. The summed E-state index contributed by atoms with van der Waals surface area (Å²) in [6.45, 7) is 0. The molecule has 14 rings (SSSR count). The predicted molar refractivity (Wildman–Crippen MR) is 264 cm³/mol. The number of para-hydroxylation sites is 3. The van der Waals surface area contributed by atoms with Crippen molar-refractivity contribution in [2.75, 3.05) is 4.90 Å². The standard InChI is InChI=1S/C62H40N2/c1-4-20-41(21-5-1)61(42-22-6-2-7-23-42)52-32-15-12-28-48(52)59-54(61)34-19-37-58(59)63(43-24-8-3-9-25-43)44-38-39-56-49(40-44)47-29-18-35-55-60(47)64(56)57-36-17-16-33-53(57)62(55)50-30-13-10-26-45(50)46-27-11-14-31-51(46)62/h1-40H. The molecule has 11 aromatic rings. The van der Waals surface area contributed by atoms with Crippen molar-refractivity contribution in [1.29, 1.82) is 0 Å². The van der Waals surface area contributed by atoms with Gasteiger partial charge in [-0.2, -0.15) is 0 Å². The fourth-order valence-electron chi connectivity index (χ4n) is 12.4. The Hall–Kier alpha value is -8.20. The normalized spacial score (nSPS) is 14.2. The molecule has 0 amide bonds. The van der Waals surface area contributed by atoms with Gasteiger partial charge in [0.25, 0.3) is 0 Å². The lowest BCUT2D eigenvalue weighted by atomic mass is 9.65. The monoisotopic (exact) mass is 812 g/mol. The molecule has 298 valence electrons. The highest BCUT2D eigenvalue weighted by molar-refractivity contribution is 6.14. The molecule has 0 atom stereocenters. The molecular formula is C62H40N2. The van der Waals surface area contributed by atoms with Gasteiger partial charge in [0.1, 0.15) is 0 Å². The molecule has 64 heavy (non-hydrogen) atoms. The fraction of sp³-hybridized carbons (Fsp3) is 0.0323. The van der Waals surface area contributed by atoms with Crippen LogP contribution in [0.1, 0.15) is 44.5 Å². The quantitative estimate of drug-likeness (QED) is 0.168. The number of aromatic nitrogens is 1. The van der Waals surface area contributed by atoms with Crippen LogP contribution < -0.4 is 4.90 Å². The third kappa shape index (κ3) is 4.39. The Morgan fingerprint density at radius 2 is 0.844 bits per heavy atom. The molecule has 1 aromatic heterocycles. The number of nitrogens with zero attached hydrogens (tertiary/aromatic N) is 2. The zero-order valence-corrected chi connectivity index (χ0v) is 35.0. The van der Waals surface area contributed by atoms with Crippen molar-refractivity contribution >= 4 is 38.9 Å². The van der Waals surface area contributed by atoms with Crippen LogP contribution >= 0.6 is 0 Å². The van der Waals surface area contributed by atoms with E-state index in [0.717, 1.165) is 17.1 Å². The summed E-state index contributed by atoms with van der Waals surface area (Å²) >= 11 is 0. The lowest BCUT2D eigenvalue weighted by Crippen LogP contribution is -2.33. The molecule has 0 unspecified atom stereocenters. The maximum atomic E-state index is 2.55. The molecule has 3 aliphatic rings. The second-order valence-electron chi connectivity index (χ2n) is 17.5. The molecule has 0 bridgehead atoms. The van der Waals surface area contributed by atoms with E-state index >= 15 is 0 Å². The molecule has 2 aliphatic carbocycles. The third-order valence-electron chi connectivity index (χ3n) is 14.7. The van der Waals surface area contributed by atoms with E-state index in [1.165, 1.54) is 94.3 Å². The summed E-state index contributed by atoms with van der Waals surface area (Å²) in [5.74, 6) is 0. The van der Waals surface area contributed by atoms with E-state index < -0.39 is 10.8 Å². The van der Waals surface area contributed by atoms with E-state index in [1.54, 1.807) is 0 Å². The first kappa shape index (κ1) is 35.4. The van der Waals surface area contributed by atoms with Crippen molar-refractivity contribution < 1.29 is 0 Å². The lowest BCUT2D eigenvalue weighted by Gasteiger charge is -2.39. The molecular weight excluding hydrogens is 773 g/mol. The zero-order chi connectivity index (χ0) is 42.0. The van der Waals surface area contributed by atoms with Crippen LogP contribution in [0.5, 0.6) is 0 Å². The van der Waals surface area contributed by atoms with Crippen molar-refractivity contribution in [3.8, 4) is 27.9 Å². The average Bonchev–Trinajstić information content (AvgIpc) is 3.98. The van der Waals surface area contributed by atoms with Gasteiger partial charge in [-0.3, -0.25) is 0 Å². The van der Waals surface area contributed by atoms with E-state index in [1.807, 2.05) is 0 Å². The molecule has 0 saturated carbocycles. The smallest absolute Gasteiger partial charge is 0.0754 e. The molecule has 1 aliphatic heterocycles. The number of fused-ring (bicyclic) bond motifs is 15. The van der Waals surface area contributed by atoms with E-state index in [-0.39, 0.29) is 0 Å². The van der Waals surface area contributed by atoms with E-state index in [4.69, 9.17) is 0 Å². The van der Waals surface area contributed by atoms with Gasteiger partial charge in [0.15, 0.2) is 0 Å². The highest BCUT2D eigenvalue weighted by Gasteiger charge is 2.51.